The molecule has 3 heteroatoms. The Labute approximate surface area is 95.8 Å². The summed E-state index contributed by atoms with van der Waals surface area (Å²) in [6.45, 7) is 0. The van der Waals surface area contributed by atoms with Gasteiger partial charge in [-0.3, -0.25) is 4.57 Å². The fourth-order valence-electron chi connectivity index (χ4n) is 1.44. The van der Waals surface area contributed by atoms with Crippen LogP contribution < -0.4 is 5.30 Å². The summed E-state index contributed by atoms with van der Waals surface area (Å²) in [7, 11) is 0.0540. The van der Waals surface area contributed by atoms with Crippen LogP contribution in [0.2, 0.25) is 0 Å². The highest BCUT2D eigenvalue weighted by Crippen LogP contribution is 2.21. The smallest absolute Gasteiger partial charge is 0.192 e. The van der Waals surface area contributed by atoms with Crippen LogP contribution in [0.4, 0.5) is 0 Å². The quantitative estimate of drug-likeness (QED) is 0.619. The molecule has 0 aliphatic carbocycles. The van der Waals surface area contributed by atoms with Crippen LogP contribution in [0.1, 0.15) is 0 Å². The van der Waals surface area contributed by atoms with Crippen molar-refractivity contribution in [1.82, 2.24) is 0 Å². The van der Waals surface area contributed by atoms with E-state index in [1.807, 2.05) is 48.5 Å². The van der Waals surface area contributed by atoms with Gasteiger partial charge in [0.25, 0.3) is 0 Å². The molecule has 0 saturated carbocycles. The first-order valence-corrected chi connectivity index (χ1v) is 5.79. The summed E-state index contributed by atoms with van der Waals surface area (Å²) in [5, 5.41) is 0.810. The zero-order valence-electron chi connectivity index (χ0n) is 7.92. The van der Waals surface area contributed by atoms with E-state index in [-0.39, 0.29) is 8.46 Å². The molecule has 15 heavy (non-hydrogen) atoms. The predicted octanol–water partition coefficient (Wildman–Crippen LogP) is 3.56. The lowest BCUT2D eigenvalue weighted by atomic mass is 10.1. The van der Waals surface area contributed by atoms with Crippen molar-refractivity contribution >= 4 is 26.4 Å². The van der Waals surface area contributed by atoms with E-state index in [0.717, 1.165) is 21.3 Å². The summed E-state index contributed by atoms with van der Waals surface area (Å²) in [4.78, 5) is 0.927. The Kier molecular flexibility index (Phi) is 3.20. The van der Waals surface area contributed by atoms with Gasteiger partial charge < -0.3 is 0 Å². The van der Waals surface area contributed by atoms with Gasteiger partial charge in [0.1, 0.15) is 0 Å². The van der Waals surface area contributed by atoms with Gasteiger partial charge in [0, 0.05) is 4.90 Å². The predicted molar refractivity (Wildman–Crippen MR) is 66.4 cm³/mol. The zero-order valence-corrected chi connectivity index (χ0v) is 9.71. The molecule has 0 aliphatic rings. The number of hydrogen-bond acceptors (Lipinski definition) is 2. The third kappa shape index (κ3) is 2.28. The van der Waals surface area contributed by atoms with Crippen molar-refractivity contribution in [3.05, 3.63) is 48.5 Å². The second-order valence-electron chi connectivity index (χ2n) is 3.16. The van der Waals surface area contributed by atoms with E-state index in [2.05, 4.69) is 12.6 Å². The molecule has 74 valence electrons. The molecule has 0 unspecified atom stereocenters. The van der Waals surface area contributed by atoms with Gasteiger partial charge >= 0.3 is 0 Å². The zero-order chi connectivity index (χ0) is 10.7. The first kappa shape index (κ1) is 10.4. The van der Waals surface area contributed by atoms with Crippen LogP contribution in [-0.2, 0) is 4.57 Å². The maximum absolute atomic E-state index is 10.9. The molecule has 2 aromatic rings. The molecule has 0 aliphatic heterocycles. The monoisotopic (exact) mass is 232 g/mol. The van der Waals surface area contributed by atoms with Crippen molar-refractivity contribution in [3.63, 3.8) is 0 Å². The Morgan fingerprint density at radius 2 is 1.60 bits per heavy atom. The van der Waals surface area contributed by atoms with Gasteiger partial charge in [-0.15, -0.1) is 12.6 Å². The topological polar surface area (TPSA) is 17.1 Å². The molecule has 0 atom stereocenters. The molecule has 0 radical (unpaired) electrons. The lowest BCUT2D eigenvalue weighted by Crippen LogP contribution is -1.96. The maximum atomic E-state index is 10.9. The Hall–Kier alpha value is -1.11. The van der Waals surface area contributed by atoms with Crippen LogP contribution in [-0.4, -0.2) is 0 Å². The Morgan fingerprint density at radius 1 is 0.933 bits per heavy atom. The molecule has 0 heterocycles. The molecule has 0 aromatic heterocycles. The third-order valence-corrected chi connectivity index (χ3v) is 3.07. The van der Waals surface area contributed by atoms with Crippen molar-refractivity contribution in [2.45, 2.75) is 4.90 Å². The Morgan fingerprint density at radius 3 is 2.27 bits per heavy atom. The van der Waals surface area contributed by atoms with Gasteiger partial charge in [0.2, 0.25) is 0 Å². The van der Waals surface area contributed by atoms with Gasteiger partial charge in [-0.1, -0.05) is 30.3 Å². The third-order valence-electron chi connectivity index (χ3n) is 2.18. The lowest BCUT2D eigenvalue weighted by molar-refractivity contribution is 0.603. The maximum Gasteiger partial charge on any atom is 0.192 e. The van der Waals surface area contributed by atoms with Gasteiger partial charge in [-0.25, -0.2) is 0 Å². The summed E-state index contributed by atoms with van der Waals surface area (Å²) in [5.74, 6) is 0. The number of rotatable bonds is 2. The highest BCUT2D eigenvalue weighted by atomic mass is 32.1. The second kappa shape index (κ2) is 4.61. The molecular weight excluding hydrogens is 223 g/mol. The standard InChI is InChI=1S/C12H9OPS/c13-14-12-4-2-1-3-11(12)9-5-7-10(15)8-6-9/h1-8,15H. The molecule has 0 fully saturated rings. The van der Waals surface area contributed by atoms with E-state index in [0.29, 0.717) is 0 Å². The Balaban J connectivity index is 2.53. The molecule has 0 amide bonds. The van der Waals surface area contributed by atoms with Gasteiger partial charge in [0.05, 0.1) is 5.30 Å². The average Bonchev–Trinajstić information content (AvgIpc) is 2.30. The summed E-state index contributed by atoms with van der Waals surface area (Å²) in [6, 6.07) is 15.5. The van der Waals surface area contributed by atoms with E-state index in [4.69, 9.17) is 0 Å². The van der Waals surface area contributed by atoms with Crippen molar-refractivity contribution in [3.8, 4) is 11.1 Å². The summed E-state index contributed by atoms with van der Waals surface area (Å²) < 4.78 is 10.9. The molecule has 0 bridgehead atoms. The second-order valence-corrected chi connectivity index (χ2v) is 4.34. The minimum atomic E-state index is 0.0540. The molecule has 1 nitrogen and oxygen atoms in total. The fourth-order valence-corrected chi connectivity index (χ4v) is 2.04. The normalized spacial score (nSPS) is 10.5. The fraction of sp³-hybridized carbons (Fsp3) is 0. The van der Waals surface area contributed by atoms with Crippen LogP contribution in [0.25, 0.3) is 11.1 Å². The van der Waals surface area contributed by atoms with Crippen molar-refractivity contribution < 1.29 is 4.57 Å². The van der Waals surface area contributed by atoms with Crippen molar-refractivity contribution in [2.24, 2.45) is 0 Å². The Bertz CT molecular complexity index is 479. The minimum absolute atomic E-state index is 0.0540. The highest BCUT2D eigenvalue weighted by molar-refractivity contribution is 7.80. The van der Waals surface area contributed by atoms with Gasteiger partial charge in [0.15, 0.2) is 8.46 Å². The van der Waals surface area contributed by atoms with Crippen molar-refractivity contribution in [2.75, 3.05) is 0 Å². The van der Waals surface area contributed by atoms with E-state index < -0.39 is 0 Å². The van der Waals surface area contributed by atoms with Crippen molar-refractivity contribution in [1.29, 1.82) is 0 Å². The first-order chi connectivity index (χ1) is 7.31. The highest BCUT2D eigenvalue weighted by Gasteiger charge is 2.03. The lowest BCUT2D eigenvalue weighted by Gasteiger charge is -2.03. The van der Waals surface area contributed by atoms with Crippen LogP contribution in [0, 0.1) is 0 Å². The van der Waals surface area contributed by atoms with Crippen LogP contribution in [0.3, 0.4) is 0 Å². The average molecular weight is 232 g/mol. The van der Waals surface area contributed by atoms with Gasteiger partial charge in [-0.2, -0.15) is 0 Å². The summed E-state index contributed by atoms with van der Waals surface area (Å²) >= 11 is 4.23. The van der Waals surface area contributed by atoms with Crippen LogP contribution in [0.15, 0.2) is 53.4 Å². The van der Waals surface area contributed by atoms with E-state index in [1.165, 1.54) is 0 Å². The van der Waals surface area contributed by atoms with E-state index >= 15 is 0 Å². The molecule has 2 aromatic carbocycles. The molecule has 0 spiro atoms. The SMILES string of the molecule is O=Pc1ccccc1-c1ccc(S)cc1. The molecular formula is C12H9OPS. The molecule has 0 saturated heterocycles. The number of benzene rings is 2. The number of hydrogen-bond donors (Lipinski definition) is 1. The largest absolute Gasteiger partial charge is 0.269 e. The number of thiol groups is 1. The summed E-state index contributed by atoms with van der Waals surface area (Å²) in [5.41, 5.74) is 2.06. The van der Waals surface area contributed by atoms with Crippen LogP contribution in [0.5, 0.6) is 0 Å². The summed E-state index contributed by atoms with van der Waals surface area (Å²) in [6.07, 6.45) is 0. The van der Waals surface area contributed by atoms with Gasteiger partial charge in [-0.05, 0) is 29.3 Å². The van der Waals surface area contributed by atoms with Crippen LogP contribution >= 0.6 is 21.1 Å². The molecule has 0 N–H and O–H groups in total. The van der Waals surface area contributed by atoms with E-state index in [1.54, 1.807) is 0 Å². The minimum Gasteiger partial charge on any atom is -0.269 e. The first-order valence-electron chi connectivity index (χ1n) is 4.53. The van der Waals surface area contributed by atoms with E-state index in [9.17, 15) is 4.57 Å². The molecule has 2 rings (SSSR count).